The number of guanidine groups is 1. The van der Waals surface area contributed by atoms with Crippen LogP contribution in [0.4, 0.5) is 5.69 Å². The standard InChI is InChI=1S/C19H25N5O2.HI/c1-20-19(21-14-15-6-5-9-18(22-15)26-2)24-12-10-23(11-13-24)16-7-3-4-8-17(16)25;/h3-9,25H,10-14H2,1-2H3,(H,20,21);1H. The smallest absolute Gasteiger partial charge is 0.213 e. The minimum atomic E-state index is 0. The summed E-state index contributed by atoms with van der Waals surface area (Å²) >= 11 is 0. The predicted octanol–water partition coefficient (Wildman–Crippen LogP) is 2.31. The van der Waals surface area contributed by atoms with Gasteiger partial charge < -0.3 is 25.0 Å². The van der Waals surface area contributed by atoms with Gasteiger partial charge in [-0.05, 0) is 18.2 Å². The number of aromatic nitrogens is 1. The molecule has 1 aliphatic heterocycles. The summed E-state index contributed by atoms with van der Waals surface area (Å²) in [6.45, 7) is 3.91. The van der Waals surface area contributed by atoms with E-state index >= 15 is 0 Å². The fraction of sp³-hybridized carbons (Fsp3) is 0.368. The fourth-order valence-corrected chi connectivity index (χ4v) is 3.06. The minimum absolute atomic E-state index is 0. The third-order valence-electron chi connectivity index (χ3n) is 4.43. The van der Waals surface area contributed by atoms with Crippen LogP contribution in [-0.4, -0.2) is 61.3 Å². The number of nitrogens with zero attached hydrogens (tertiary/aromatic N) is 4. The maximum absolute atomic E-state index is 10.0. The number of benzene rings is 1. The van der Waals surface area contributed by atoms with Gasteiger partial charge in [-0.15, -0.1) is 24.0 Å². The Labute approximate surface area is 177 Å². The van der Waals surface area contributed by atoms with E-state index in [1.165, 1.54) is 0 Å². The largest absolute Gasteiger partial charge is 0.506 e. The molecule has 3 rings (SSSR count). The highest BCUT2D eigenvalue weighted by molar-refractivity contribution is 14.0. The second-order valence-electron chi connectivity index (χ2n) is 6.03. The molecule has 2 N–H and O–H groups in total. The molecule has 27 heavy (non-hydrogen) atoms. The topological polar surface area (TPSA) is 73.2 Å². The molecule has 0 saturated carbocycles. The lowest BCUT2D eigenvalue weighted by molar-refractivity contribution is 0.369. The van der Waals surface area contributed by atoms with Crippen LogP contribution < -0.4 is 15.0 Å². The van der Waals surface area contributed by atoms with Gasteiger partial charge in [0.2, 0.25) is 5.88 Å². The van der Waals surface area contributed by atoms with Crippen LogP contribution in [0.25, 0.3) is 0 Å². The number of methoxy groups -OCH3 is 1. The summed E-state index contributed by atoms with van der Waals surface area (Å²) in [5, 5.41) is 13.4. The van der Waals surface area contributed by atoms with Crippen LogP contribution in [0.5, 0.6) is 11.6 Å². The lowest BCUT2D eigenvalue weighted by Gasteiger charge is -2.37. The minimum Gasteiger partial charge on any atom is -0.506 e. The van der Waals surface area contributed by atoms with Crippen LogP contribution in [0.15, 0.2) is 47.5 Å². The Balaban J connectivity index is 0.00000261. The first kappa shape index (κ1) is 21.1. The highest BCUT2D eigenvalue weighted by Crippen LogP contribution is 2.27. The van der Waals surface area contributed by atoms with Crippen molar-refractivity contribution in [2.75, 3.05) is 45.2 Å². The number of nitrogens with one attached hydrogen (secondary N) is 1. The molecule has 146 valence electrons. The SMILES string of the molecule is CN=C(NCc1cccc(OC)n1)N1CCN(c2ccccc2O)CC1.I. The molecule has 1 fully saturated rings. The molecule has 0 atom stereocenters. The second kappa shape index (κ2) is 10.2. The molecule has 1 aliphatic rings. The van der Waals surface area contributed by atoms with Crippen molar-refractivity contribution >= 4 is 35.6 Å². The number of pyridine rings is 1. The number of piperazine rings is 1. The quantitative estimate of drug-likeness (QED) is 0.395. The summed E-state index contributed by atoms with van der Waals surface area (Å²) in [7, 11) is 3.40. The Hall–Kier alpha value is -2.23. The van der Waals surface area contributed by atoms with E-state index in [-0.39, 0.29) is 24.0 Å². The van der Waals surface area contributed by atoms with Gasteiger partial charge in [0.15, 0.2) is 5.96 Å². The molecule has 0 amide bonds. The molecule has 0 aliphatic carbocycles. The van der Waals surface area contributed by atoms with Gasteiger partial charge in [-0.25, -0.2) is 4.98 Å². The van der Waals surface area contributed by atoms with E-state index in [9.17, 15) is 5.11 Å². The number of hydrogen-bond donors (Lipinski definition) is 2. The molecular formula is C19H26IN5O2. The van der Waals surface area contributed by atoms with Crippen molar-refractivity contribution in [3.63, 3.8) is 0 Å². The number of aromatic hydroxyl groups is 1. The molecule has 0 radical (unpaired) electrons. The van der Waals surface area contributed by atoms with Crippen LogP contribution in [-0.2, 0) is 6.54 Å². The van der Waals surface area contributed by atoms with E-state index in [1.807, 2.05) is 36.4 Å². The van der Waals surface area contributed by atoms with Gasteiger partial charge in [-0.3, -0.25) is 4.99 Å². The zero-order valence-electron chi connectivity index (χ0n) is 15.6. The number of rotatable bonds is 4. The van der Waals surface area contributed by atoms with Gasteiger partial charge in [0.05, 0.1) is 25.0 Å². The van der Waals surface area contributed by atoms with Crippen molar-refractivity contribution in [3.8, 4) is 11.6 Å². The summed E-state index contributed by atoms with van der Waals surface area (Å²) in [6.07, 6.45) is 0. The molecule has 1 saturated heterocycles. The van der Waals surface area contributed by atoms with Gasteiger partial charge in [0, 0.05) is 39.3 Å². The van der Waals surface area contributed by atoms with Crippen LogP contribution in [0.3, 0.4) is 0 Å². The van der Waals surface area contributed by atoms with Crippen LogP contribution in [0.1, 0.15) is 5.69 Å². The zero-order chi connectivity index (χ0) is 18.4. The Morgan fingerprint density at radius 1 is 1.15 bits per heavy atom. The summed E-state index contributed by atoms with van der Waals surface area (Å²) in [4.78, 5) is 13.2. The fourth-order valence-electron chi connectivity index (χ4n) is 3.06. The molecule has 1 aromatic carbocycles. The van der Waals surface area contributed by atoms with Crippen molar-refractivity contribution in [1.82, 2.24) is 15.2 Å². The molecule has 0 spiro atoms. The van der Waals surface area contributed by atoms with Gasteiger partial charge in [0.1, 0.15) is 5.75 Å². The maximum atomic E-state index is 10.0. The van der Waals surface area contributed by atoms with Gasteiger partial charge in [-0.2, -0.15) is 0 Å². The number of hydrogen-bond acceptors (Lipinski definition) is 5. The van der Waals surface area contributed by atoms with Crippen molar-refractivity contribution in [2.45, 2.75) is 6.54 Å². The van der Waals surface area contributed by atoms with E-state index in [2.05, 4.69) is 25.1 Å². The molecule has 7 nitrogen and oxygen atoms in total. The monoisotopic (exact) mass is 483 g/mol. The maximum Gasteiger partial charge on any atom is 0.213 e. The van der Waals surface area contributed by atoms with E-state index in [4.69, 9.17) is 4.74 Å². The first-order chi connectivity index (χ1) is 12.7. The van der Waals surface area contributed by atoms with E-state index < -0.39 is 0 Å². The van der Waals surface area contributed by atoms with Crippen molar-refractivity contribution < 1.29 is 9.84 Å². The Kier molecular flexibility index (Phi) is 7.96. The first-order valence-electron chi connectivity index (χ1n) is 8.69. The van der Waals surface area contributed by atoms with Crippen LogP contribution in [0, 0.1) is 0 Å². The number of aliphatic imine (C=N–C) groups is 1. The van der Waals surface area contributed by atoms with E-state index in [0.29, 0.717) is 18.2 Å². The molecule has 2 heterocycles. The summed E-state index contributed by atoms with van der Waals surface area (Å²) < 4.78 is 5.16. The Morgan fingerprint density at radius 2 is 1.89 bits per heavy atom. The number of phenols is 1. The van der Waals surface area contributed by atoms with Crippen molar-refractivity contribution in [1.29, 1.82) is 0 Å². The molecule has 1 aromatic heterocycles. The van der Waals surface area contributed by atoms with E-state index in [1.54, 1.807) is 20.2 Å². The highest BCUT2D eigenvalue weighted by atomic mass is 127. The third-order valence-corrected chi connectivity index (χ3v) is 4.43. The number of para-hydroxylation sites is 2. The normalized spacial score (nSPS) is 14.5. The number of phenolic OH excluding ortho intramolecular Hbond substituents is 1. The average Bonchev–Trinajstić information content (AvgIpc) is 2.69. The average molecular weight is 483 g/mol. The Bertz CT molecular complexity index is 763. The summed E-state index contributed by atoms with van der Waals surface area (Å²) in [6, 6.07) is 13.2. The molecule has 2 aromatic rings. The predicted molar refractivity (Wildman–Crippen MR) is 118 cm³/mol. The van der Waals surface area contributed by atoms with Gasteiger partial charge in [-0.1, -0.05) is 18.2 Å². The van der Waals surface area contributed by atoms with Gasteiger partial charge in [0.25, 0.3) is 0 Å². The van der Waals surface area contributed by atoms with Crippen molar-refractivity contribution in [3.05, 3.63) is 48.2 Å². The van der Waals surface area contributed by atoms with Crippen LogP contribution in [0.2, 0.25) is 0 Å². The third kappa shape index (κ3) is 5.38. The number of anilines is 1. The molecular weight excluding hydrogens is 457 g/mol. The molecule has 8 heteroatoms. The number of halogens is 1. The second-order valence-corrected chi connectivity index (χ2v) is 6.03. The zero-order valence-corrected chi connectivity index (χ0v) is 18.0. The highest BCUT2D eigenvalue weighted by Gasteiger charge is 2.21. The lowest BCUT2D eigenvalue weighted by Crippen LogP contribution is -2.52. The first-order valence-corrected chi connectivity index (χ1v) is 8.69. The Morgan fingerprint density at radius 3 is 2.56 bits per heavy atom. The summed E-state index contributed by atoms with van der Waals surface area (Å²) in [5.74, 6) is 1.79. The lowest BCUT2D eigenvalue weighted by atomic mass is 10.2. The molecule has 0 unspecified atom stereocenters. The number of ether oxygens (including phenoxy) is 1. The van der Waals surface area contributed by atoms with Gasteiger partial charge >= 0.3 is 0 Å². The van der Waals surface area contributed by atoms with Crippen LogP contribution >= 0.6 is 24.0 Å². The summed E-state index contributed by atoms with van der Waals surface area (Å²) in [5.41, 5.74) is 1.79. The van der Waals surface area contributed by atoms with Crippen molar-refractivity contribution in [2.24, 2.45) is 4.99 Å². The van der Waals surface area contributed by atoms with E-state index in [0.717, 1.165) is 43.5 Å². The molecule has 0 bridgehead atoms.